The second-order valence-electron chi connectivity index (χ2n) is 3.93. The molecular formula is C10H11BrN2O2. The smallest absolute Gasteiger partial charge is 0.314 e. The third kappa shape index (κ3) is 1.66. The average molecular weight is 271 g/mol. The third-order valence-corrected chi connectivity index (χ3v) is 3.38. The van der Waals surface area contributed by atoms with Crippen molar-refractivity contribution in [2.24, 2.45) is 5.73 Å². The fourth-order valence-corrected chi connectivity index (χ4v) is 2.26. The molecule has 0 radical (unpaired) electrons. The minimum absolute atomic E-state index is 0.00949. The molecule has 1 aliphatic rings. The van der Waals surface area contributed by atoms with Crippen molar-refractivity contribution in [2.45, 2.75) is 24.3 Å². The summed E-state index contributed by atoms with van der Waals surface area (Å²) in [5, 5.41) is 9.23. The largest absolute Gasteiger partial charge is 0.481 e. The topological polar surface area (TPSA) is 76.2 Å². The molecule has 0 saturated heterocycles. The molecule has 5 heteroatoms. The molecule has 1 fully saturated rings. The number of hydrogen-bond donors (Lipinski definition) is 2. The van der Waals surface area contributed by atoms with Gasteiger partial charge in [0.05, 0.1) is 5.41 Å². The van der Waals surface area contributed by atoms with Crippen molar-refractivity contribution < 1.29 is 9.90 Å². The zero-order valence-electron chi connectivity index (χ0n) is 7.98. The Bertz CT molecular complexity index is 385. The summed E-state index contributed by atoms with van der Waals surface area (Å²) in [5.74, 6) is -0.812. The van der Waals surface area contributed by atoms with E-state index in [1.807, 2.05) is 0 Å². The lowest BCUT2D eigenvalue weighted by molar-refractivity contribution is -0.148. The third-order valence-electron chi connectivity index (χ3n) is 2.91. The van der Waals surface area contributed by atoms with Gasteiger partial charge in [-0.25, -0.2) is 4.98 Å². The van der Waals surface area contributed by atoms with Crippen molar-refractivity contribution in [1.29, 1.82) is 0 Å². The second kappa shape index (κ2) is 3.57. The maximum absolute atomic E-state index is 11.2. The van der Waals surface area contributed by atoms with Crippen molar-refractivity contribution in [2.75, 3.05) is 0 Å². The fraction of sp³-hybridized carbons (Fsp3) is 0.400. The van der Waals surface area contributed by atoms with Gasteiger partial charge in [-0.1, -0.05) is 6.07 Å². The van der Waals surface area contributed by atoms with Gasteiger partial charge in [0.15, 0.2) is 0 Å². The van der Waals surface area contributed by atoms with Crippen LogP contribution in [0.25, 0.3) is 0 Å². The Morgan fingerprint density at radius 2 is 2.27 bits per heavy atom. The molecular weight excluding hydrogens is 260 g/mol. The molecule has 0 atom stereocenters. The molecule has 4 nitrogen and oxygen atoms in total. The van der Waals surface area contributed by atoms with Gasteiger partial charge in [0.2, 0.25) is 0 Å². The van der Waals surface area contributed by atoms with Crippen LogP contribution in [0.2, 0.25) is 0 Å². The van der Waals surface area contributed by atoms with E-state index in [1.54, 1.807) is 18.3 Å². The number of halogens is 1. The predicted molar refractivity (Wildman–Crippen MR) is 58.5 cm³/mol. The number of carboxylic acids is 1. The number of aromatic nitrogens is 1. The molecule has 15 heavy (non-hydrogen) atoms. The van der Waals surface area contributed by atoms with Gasteiger partial charge < -0.3 is 10.8 Å². The Balaban J connectivity index is 2.34. The van der Waals surface area contributed by atoms with E-state index in [0.29, 0.717) is 17.4 Å². The zero-order valence-corrected chi connectivity index (χ0v) is 9.57. The van der Waals surface area contributed by atoms with Crippen molar-refractivity contribution in [3.05, 3.63) is 28.5 Å². The Morgan fingerprint density at radius 3 is 2.67 bits per heavy atom. The summed E-state index contributed by atoms with van der Waals surface area (Å²) < 4.78 is 0.704. The van der Waals surface area contributed by atoms with Crippen molar-refractivity contribution >= 4 is 21.9 Å². The quantitative estimate of drug-likeness (QED) is 0.794. The van der Waals surface area contributed by atoms with Crippen LogP contribution in [0.4, 0.5) is 0 Å². The second-order valence-corrected chi connectivity index (χ2v) is 4.74. The highest BCUT2D eigenvalue weighted by atomic mass is 79.9. The van der Waals surface area contributed by atoms with Crippen molar-refractivity contribution in [3.63, 3.8) is 0 Å². The minimum Gasteiger partial charge on any atom is -0.481 e. The maximum Gasteiger partial charge on any atom is 0.314 e. The molecule has 0 bridgehead atoms. The van der Waals surface area contributed by atoms with Crippen molar-refractivity contribution in [3.8, 4) is 0 Å². The normalized spacial score (nSPS) is 29.6. The van der Waals surface area contributed by atoms with Gasteiger partial charge in [0.1, 0.15) is 4.60 Å². The molecule has 80 valence electrons. The summed E-state index contributed by atoms with van der Waals surface area (Å²) in [6.07, 6.45) is 2.58. The molecule has 0 unspecified atom stereocenters. The van der Waals surface area contributed by atoms with Gasteiger partial charge in [-0.05, 0) is 40.4 Å². The summed E-state index contributed by atoms with van der Waals surface area (Å²) in [7, 11) is 0. The van der Waals surface area contributed by atoms with E-state index in [4.69, 9.17) is 5.73 Å². The van der Waals surface area contributed by atoms with Crippen LogP contribution < -0.4 is 5.73 Å². The van der Waals surface area contributed by atoms with Gasteiger partial charge in [-0.2, -0.15) is 0 Å². The molecule has 1 aliphatic carbocycles. The molecule has 1 aromatic rings. The molecule has 0 aromatic carbocycles. The van der Waals surface area contributed by atoms with Gasteiger partial charge in [-0.3, -0.25) is 4.79 Å². The lowest BCUT2D eigenvalue weighted by atomic mass is 9.62. The summed E-state index contributed by atoms with van der Waals surface area (Å²) in [5.41, 5.74) is 5.59. The van der Waals surface area contributed by atoms with E-state index in [1.165, 1.54) is 0 Å². The monoisotopic (exact) mass is 270 g/mol. The lowest BCUT2D eigenvalue weighted by Gasteiger charge is -2.42. The minimum atomic E-state index is -0.812. The van der Waals surface area contributed by atoms with Crippen LogP contribution in [0.1, 0.15) is 18.4 Å². The standard InChI is InChI=1S/C10H11BrN2O2/c11-8-2-1-6(5-13-8)10(9(14)15)3-7(12)4-10/h1-2,5,7H,3-4,12H2,(H,14,15). The van der Waals surface area contributed by atoms with Gasteiger partial charge in [0.25, 0.3) is 0 Å². The van der Waals surface area contributed by atoms with Crippen LogP contribution in [0, 0.1) is 0 Å². The molecule has 1 aromatic heterocycles. The molecule has 0 aliphatic heterocycles. The van der Waals surface area contributed by atoms with E-state index >= 15 is 0 Å². The lowest BCUT2D eigenvalue weighted by Crippen LogP contribution is -2.54. The van der Waals surface area contributed by atoms with Crippen LogP contribution in [0.5, 0.6) is 0 Å². The Labute approximate surface area is 95.6 Å². The van der Waals surface area contributed by atoms with Crippen LogP contribution >= 0.6 is 15.9 Å². The van der Waals surface area contributed by atoms with Gasteiger partial charge >= 0.3 is 5.97 Å². The van der Waals surface area contributed by atoms with Crippen molar-refractivity contribution in [1.82, 2.24) is 4.98 Å². The maximum atomic E-state index is 11.2. The first-order valence-corrected chi connectivity index (χ1v) is 5.45. The van der Waals surface area contributed by atoms with Gasteiger partial charge in [0, 0.05) is 12.2 Å². The van der Waals surface area contributed by atoms with E-state index in [-0.39, 0.29) is 6.04 Å². The number of nitrogens with two attached hydrogens (primary N) is 1. The van der Waals surface area contributed by atoms with Gasteiger partial charge in [-0.15, -0.1) is 0 Å². The summed E-state index contributed by atoms with van der Waals surface area (Å²) >= 11 is 3.22. The fourth-order valence-electron chi connectivity index (χ4n) is 2.03. The Hall–Kier alpha value is -0.940. The Kier molecular flexibility index (Phi) is 2.52. The number of aliphatic carboxylic acids is 1. The number of pyridine rings is 1. The zero-order chi connectivity index (χ0) is 11.1. The molecule has 2 rings (SSSR count). The highest BCUT2D eigenvalue weighted by molar-refractivity contribution is 9.10. The van der Waals surface area contributed by atoms with E-state index in [2.05, 4.69) is 20.9 Å². The van der Waals surface area contributed by atoms with Crippen LogP contribution in [-0.2, 0) is 10.2 Å². The number of hydrogen-bond acceptors (Lipinski definition) is 3. The molecule has 1 heterocycles. The number of carbonyl (C=O) groups is 1. The van der Waals surface area contributed by atoms with E-state index in [9.17, 15) is 9.90 Å². The highest BCUT2D eigenvalue weighted by Crippen LogP contribution is 2.43. The van der Waals surface area contributed by atoms with Crippen LogP contribution in [0.3, 0.4) is 0 Å². The first-order chi connectivity index (χ1) is 7.04. The molecule has 0 spiro atoms. The van der Waals surface area contributed by atoms with E-state index < -0.39 is 11.4 Å². The summed E-state index contributed by atoms with van der Waals surface area (Å²) in [4.78, 5) is 15.3. The first-order valence-electron chi connectivity index (χ1n) is 4.65. The average Bonchev–Trinajstić information content (AvgIpc) is 2.13. The SMILES string of the molecule is NC1CC(C(=O)O)(c2ccc(Br)nc2)C1. The molecule has 3 N–H and O–H groups in total. The predicted octanol–water partition coefficient (Wildman–Crippen LogP) is 1.29. The van der Waals surface area contributed by atoms with Crippen LogP contribution in [0.15, 0.2) is 22.9 Å². The number of rotatable bonds is 2. The summed E-state index contributed by atoms with van der Waals surface area (Å²) in [6.45, 7) is 0. The Morgan fingerprint density at radius 1 is 1.60 bits per heavy atom. The van der Waals surface area contributed by atoms with E-state index in [0.717, 1.165) is 5.56 Å². The molecule has 1 saturated carbocycles. The number of nitrogens with zero attached hydrogens (tertiary/aromatic N) is 1. The summed E-state index contributed by atoms with van der Waals surface area (Å²) in [6, 6.07) is 3.53. The molecule has 0 amide bonds. The highest BCUT2D eigenvalue weighted by Gasteiger charge is 2.50. The number of carboxylic acid groups (broad SMARTS) is 1. The van der Waals surface area contributed by atoms with Crippen LogP contribution in [-0.4, -0.2) is 22.1 Å². The first kappa shape index (κ1) is 10.6.